The van der Waals surface area contributed by atoms with E-state index in [0.29, 0.717) is 36.6 Å². The maximum atomic E-state index is 13.3. The van der Waals surface area contributed by atoms with E-state index in [0.717, 1.165) is 57.5 Å². The Balaban J connectivity index is 0.000000205. The standard InChI is InChI=1S/C25H37NO.C16H21N.C10H20O2/c1-17(2)13-23-22-15-19-9-7-8-10-20(19)21(22)11-12-26(23)24(27)14-18(3)16-25(4,5)6;1-11(2)9-16-15-10-12-5-3-4-6-13(12)14(15)7-8-17-16;1-5-10(3,4)7-8(2)6-9(11)12/h7-10,17-18,23H,11-16H2,1-6H3;3-6,11,16-17H,7-10H2,1-2H3;8H,5-7H2,1-4H3,(H,11,12). The monoisotopic (exact) mass is 767 g/mol. The van der Waals surface area contributed by atoms with Gasteiger partial charge < -0.3 is 15.3 Å². The van der Waals surface area contributed by atoms with E-state index in [4.69, 9.17) is 5.11 Å². The molecule has 0 saturated heterocycles. The van der Waals surface area contributed by atoms with Gasteiger partial charge in [-0.1, -0.05) is 138 Å². The molecule has 6 rings (SSSR count). The molecular weight excluding hydrogens is 689 g/mol. The molecule has 0 bridgehead atoms. The average Bonchev–Trinajstić information content (AvgIpc) is 3.67. The fraction of sp³-hybridized carbons (Fsp3) is 0.647. The van der Waals surface area contributed by atoms with Gasteiger partial charge in [-0.15, -0.1) is 0 Å². The van der Waals surface area contributed by atoms with Gasteiger partial charge in [0.15, 0.2) is 0 Å². The van der Waals surface area contributed by atoms with Crippen molar-refractivity contribution < 1.29 is 14.7 Å². The first-order valence-corrected chi connectivity index (χ1v) is 22.1. The Labute approximate surface area is 342 Å². The molecule has 2 aliphatic carbocycles. The lowest BCUT2D eigenvalue weighted by molar-refractivity contribution is -0.138. The lowest BCUT2D eigenvalue weighted by atomic mass is 9.80. The fourth-order valence-corrected chi connectivity index (χ4v) is 9.92. The molecule has 2 aliphatic heterocycles. The van der Waals surface area contributed by atoms with E-state index in [2.05, 4.69) is 135 Å². The Hall–Kier alpha value is -3.18. The third-order valence-electron chi connectivity index (χ3n) is 12.4. The summed E-state index contributed by atoms with van der Waals surface area (Å²) >= 11 is 0. The van der Waals surface area contributed by atoms with E-state index in [1.807, 2.05) is 6.92 Å². The number of rotatable bonds is 12. The number of carbonyl (C=O) groups excluding carboxylic acids is 1. The first kappa shape index (κ1) is 45.5. The Bertz CT molecular complexity index is 1690. The number of carboxylic acids is 1. The van der Waals surface area contributed by atoms with Crippen LogP contribution in [0, 0.1) is 34.5 Å². The maximum Gasteiger partial charge on any atom is 0.303 e. The number of carboxylic acid groups (broad SMARTS) is 1. The number of benzene rings is 2. The number of hydrogen-bond acceptors (Lipinski definition) is 3. The second-order valence-corrected chi connectivity index (χ2v) is 20.5. The van der Waals surface area contributed by atoms with Crippen LogP contribution in [0.1, 0.15) is 163 Å². The van der Waals surface area contributed by atoms with E-state index in [1.54, 1.807) is 11.1 Å². The van der Waals surface area contributed by atoms with E-state index in [-0.39, 0.29) is 22.8 Å². The molecule has 4 atom stereocenters. The summed E-state index contributed by atoms with van der Waals surface area (Å²) in [5.41, 5.74) is 12.9. The van der Waals surface area contributed by atoms with Crippen molar-refractivity contribution in [3.05, 3.63) is 81.9 Å². The predicted octanol–water partition coefficient (Wildman–Crippen LogP) is 12.4. The molecule has 0 radical (unpaired) electrons. The number of carbonyl (C=O) groups is 2. The minimum atomic E-state index is -0.686. The number of aliphatic carboxylic acids is 1. The molecule has 5 nitrogen and oxygen atoms in total. The highest BCUT2D eigenvalue weighted by molar-refractivity contribution is 5.83. The average molecular weight is 767 g/mol. The number of nitrogens with one attached hydrogen (secondary N) is 1. The number of nitrogens with zero attached hydrogens (tertiary/aromatic N) is 1. The largest absolute Gasteiger partial charge is 0.481 e. The SMILES string of the molecule is CC(C)CC1C2=C(CCN1C(=O)CC(C)CC(C)(C)C)c1ccccc1C2.CC(C)CC1NCCC2=C1Cc1ccccc12.CCC(C)(C)CC(C)CC(=O)O. The van der Waals surface area contributed by atoms with E-state index in [9.17, 15) is 9.59 Å². The molecule has 2 aromatic rings. The van der Waals surface area contributed by atoms with Crippen molar-refractivity contribution in [2.24, 2.45) is 34.5 Å². The molecule has 56 heavy (non-hydrogen) atoms. The van der Waals surface area contributed by atoms with Gasteiger partial charge in [0.25, 0.3) is 0 Å². The van der Waals surface area contributed by atoms with Crippen LogP contribution in [0.4, 0.5) is 0 Å². The van der Waals surface area contributed by atoms with Gasteiger partial charge in [-0.2, -0.15) is 0 Å². The number of fused-ring (bicyclic) bond motifs is 4. The summed E-state index contributed by atoms with van der Waals surface area (Å²) in [6, 6.07) is 18.7. The van der Waals surface area contributed by atoms with Gasteiger partial charge in [0.1, 0.15) is 0 Å². The highest BCUT2D eigenvalue weighted by Crippen LogP contribution is 2.43. The molecule has 0 fully saturated rings. The molecule has 5 heteroatoms. The van der Waals surface area contributed by atoms with E-state index in [1.165, 1.54) is 52.7 Å². The topological polar surface area (TPSA) is 69.6 Å². The fourth-order valence-electron chi connectivity index (χ4n) is 9.92. The van der Waals surface area contributed by atoms with E-state index >= 15 is 0 Å². The molecule has 2 N–H and O–H groups in total. The van der Waals surface area contributed by atoms with E-state index < -0.39 is 5.97 Å². The van der Waals surface area contributed by atoms with Gasteiger partial charge in [-0.3, -0.25) is 9.59 Å². The molecule has 0 aromatic heterocycles. The molecule has 4 aliphatic rings. The van der Waals surface area contributed by atoms with Gasteiger partial charge in [0, 0.05) is 25.4 Å². The highest BCUT2D eigenvalue weighted by Gasteiger charge is 2.37. The molecule has 2 aromatic carbocycles. The summed E-state index contributed by atoms with van der Waals surface area (Å²) < 4.78 is 0. The summed E-state index contributed by atoms with van der Waals surface area (Å²) in [7, 11) is 0. The van der Waals surface area contributed by atoms with Crippen LogP contribution >= 0.6 is 0 Å². The van der Waals surface area contributed by atoms with Crippen LogP contribution in [0.2, 0.25) is 0 Å². The maximum absolute atomic E-state index is 13.3. The Morgan fingerprint density at radius 1 is 0.750 bits per heavy atom. The molecule has 0 saturated carbocycles. The van der Waals surface area contributed by atoms with Gasteiger partial charge in [0.05, 0.1) is 6.04 Å². The lowest BCUT2D eigenvalue weighted by Gasteiger charge is -2.39. The zero-order valence-electron chi connectivity index (χ0n) is 37.5. The first-order chi connectivity index (χ1) is 26.3. The lowest BCUT2D eigenvalue weighted by Crippen LogP contribution is -2.46. The van der Waals surface area contributed by atoms with Gasteiger partial charge >= 0.3 is 5.97 Å². The molecule has 0 spiro atoms. The predicted molar refractivity (Wildman–Crippen MR) is 238 cm³/mol. The quantitative estimate of drug-likeness (QED) is 0.226. The van der Waals surface area contributed by atoms with Crippen LogP contribution in [0.5, 0.6) is 0 Å². The molecule has 4 unspecified atom stereocenters. The second-order valence-electron chi connectivity index (χ2n) is 20.5. The van der Waals surface area contributed by atoms with Crippen molar-refractivity contribution in [3.63, 3.8) is 0 Å². The summed E-state index contributed by atoms with van der Waals surface area (Å²) in [6.07, 6.45) is 11.0. The second kappa shape index (κ2) is 20.0. The van der Waals surface area contributed by atoms with Crippen LogP contribution in [0.3, 0.4) is 0 Å². The van der Waals surface area contributed by atoms with Gasteiger partial charge in [-0.25, -0.2) is 0 Å². The minimum absolute atomic E-state index is 0.279. The smallest absolute Gasteiger partial charge is 0.303 e. The normalized spacial score (nSPS) is 20.0. The Morgan fingerprint density at radius 2 is 1.29 bits per heavy atom. The summed E-state index contributed by atoms with van der Waals surface area (Å²) in [5.74, 6) is 1.76. The summed E-state index contributed by atoms with van der Waals surface area (Å²) in [6.45, 7) is 28.8. The van der Waals surface area contributed by atoms with Crippen molar-refractivity contribution >= 4 is 23.0 Å². The van der Waals surface area contributed by atoms with Crippen LogP contribution < -0.4 is 5.32 Å². The van der Waals surface area contributed by atoms with Crippen molar-refractivity contribution in [2.45, 2.75) is 166 Å². The summed E-state index contributed by atoms with van der Waals surface area (Å²) in [5, 5.41) is 12.3. The molecule has 310 valence electrons. The zero-order valence-corrected chi connectivity index (χ0v) is 37.5. The van der Waals surface area contributed by atoms with Crippen LogP contribution in [-0.4, -0.2) is 47.1 Å². The highest BCUT2D eigenvalue weighted by atomic mass is 16.4. The van der Waals surface area contributed by atoms with Crippen LogP contribution in [0.15, 0.2) is 59.7 Å². The molecule has 2 heterocycles. The Kier molecular flexibility index (Phi) is 16.3. The Morgan fingerprint density at radius 3 is 1.82 bits per heavy atom. The number of hydrogen-bond donors (Lipinski definition) is 2. The molecule has 1 amide bonds. The summed E-state index contributed by atoms with van der Waals surface area (Å²) in [4.78, 5) is 25.9. The third-order valence-corrected chi connectivity index (χ3v) is 12.4. The zero-order chi connectivity index (χ0) is 41.4. The first-order valence-electron chi connectivity index (χ1n) is 22.1. The van der Waals surface area contributed by atoms with Crippen molar-refractivity contribution in [1.29, 1.82) is 0 Å². The third kappa shape index (κ3) is 12.9. The van der Waals surface area contributed by atoms with Crippen molar-refractivity contribution in [3.8, 4) is 0 Å². The van der Waals surface area contributed by atoms with Crippen molar-refractivity contribution in [1.82, 2.24) is 10.2 Å². The van der Waals surface area contributed by atoms with Gasteiger partial charge in [0.2, 0.25) is 5.91 Å². The van der Waals surface area contributed by atoms with Crippen LogP contribution in [-0.2, 0) is 22.4 Å². The van der Waals surface area contributed by atoms with Gasteiger partial charge in [-0.05, 0) is 137 Å². The minimum Gasteiger partial charge on any atom is -0.481 e. The van der Waals surface area contributed by atoms with Crippen LogP contribution in [0.25, 0.3) is 11.1 Å². The van der Waals surface area contributed by atoms with Crippen molar-refractivity contribution in [2.75, 3.05) is 13.1 Å². The molecular formula is C51H78N2O3. The number of amides is 1.